The first kappa shape index (κ1) is 20.5. The molecular formula is C23H32N2O3. The normalized spacial score (nSPS) is 16.0. The molecule has 1 fully saturated rings. The smallest absolute Gasteiger partial charge is 0.142 e. The first-order valence-corrected chi connectivity index (χ1v) is 10.2. The third-order valence-corrected chi connectivity index (χ3v) is 5.17. The third kappa shape index (κ3) is 5.63. The van der Waals surface area contributed by atoms with Crippen LogP contribution >= 0.6 is 0 Å². The van der Waals surface area contributed by atoms with Gasteiger partial charge in [-0.3, -0.25) is 4.90 Å². The molecule has 0 radical (unpaired) electrons. The van der Waals surface area contributed by atoms with Gasteiger partial charge in [0.25, 0.3) is 0 Å². The number of β-amino-alcohol motifs (C(OH)–C–C–N with tert-alkyl or cyclic N) is 1. The fraction of sp³-hybridized carbons (Fsp3) is 0.478. The molecule has 0 unspecified atom stereocenters. The molecule has 5 heteroatoms. The Morgan fingerprint density at radius 2 is 1.71 bits per heavy atom. The molecule has 0 aromatic heterocycles. The topological polar surface area (TPSA) is 45.2 Å². The highest BCUT2D eigenvalue weighted by Crippen LogP contribution is 2.28. The van der Waals surface area contributed by atoms with Crippen molar-refractivity contribution in [2.24, 2.45) is 0 Å². The molecule has 1 aliphatic heterocycles. The Morgan fingerprint density at radius 1 is 1.00 bits per heavy atom. The number of rotatable bonds is 9. The van der Waals surface area contributed by atoms with Gasteiger partial charge in [-0.2, -0.15) is 0 Å². The van der Waals surface area contributed by atoms with Crippen LogP contribution in [0.2, 0.25) is 0 Å². The van der Waals surface area contributed by atoms with E-state index in [-0.39, 0.29) is 0 Å². The standard InChI is InChI=1S/C23H32N2O3/c1-3-6-19-9-11-21(12-10-19)28-18-20(26)17-24-13-15-25(16-14-24)22-7-4-5-8-23(22)27-2/h4-5,7-12,20,26H,3,6,13-18H2,1-2H3/t20-/m0/s1. The molecule has 1 aliphatic rings. The van der Waals surface area contributed by atoms with Crippen LogP contribution in [-0.4, -0.2) is 62.6 Å². The number of piperazine rings is 1. The first-order valence-electron chi connectivity index (χ1n) is 10.2. The summed E-state index contributed by atoms with van der Waals surface area (Å²) in [4.78, 5) is 4.64. The van der Waals surface area contributed by atoms with Crippen LogP contribution in [0.15, 0.2) is 48.5 Å². The Morgan fingerprint density at radius 3 is 2.39 bits per heavy atom. The highest BCUT2D eigenvalue weighted by Gasteiger charge is 2.21. The zero-order chi connectivity index (χ0) is 19.8. The van der Waals surface area contributed by atoms with Crippen molar-refractivity contribution in [1.29, 1.82) is 0 Å². The minimum atomic E-state index is -0.492. The summed E-state index contributed by atoms with van der Waals surface area (Å²) >= 11 is 0. The van der Waals surface area contributed by atoms with E-state index in [0.717, 1.165) is 56.2 Å². The van der Waals surface area contributed by atoms with Gasteiger partial charge >= 0.3 is 0 Å². The molecule has 1 N–H and O–H groups in total. The van der Waals surface area contributed by atoms with Crippen LogP contribution in [0.4, 0.5) is 5.69 Å². The predicted octanol–water partition coefficient (Wildman–Crippen LogP) is 3.21. The third-order valence-electron chi connectivity index (χ3n) is 5.17. The molecule has 152 valence electrons. The quantitative estimate of drug-likeness (QED) is 0.719. The molecule has 3 rings (SSSR count). The van der Waals surface area contributed by atoms with Crippen molar-refractivity contribution in [2.45, 2.75) is 25.9 Å². The van der Waals surface area contributed by atoms with Crippen molar-refractivity contribution in [3.8, 4) is 11.5 Å². The van der Waals surface area contributed by atoms with E-state index in [2.05, 4.69) is 34.9 Å². The Balaban J connectivity index is 1.41. The molecule has 2 aromatic carbocycles. The predicted molar refractivity (Wildman–Crippen MR) is 114 cm³/mol. The van der Waals surface area contributed by atoms with Gasteiger partial charge in [-0.15, -0.1) is 0 Å². The van der Waals surface area contributed by atoms with E-state index in [4.69, 9.17) is 9.47 Å². The van der Waals surface area contributed by atoms with Gasteiger partial charge in [0.2, 0.25) is 0 Å². The van der Waals surface area contributed by atoms with Crippen molar-refractivity contribution in [3.05, 3.63) is 54.1 Å². The van der Waals surface area contributed by atoms with Crippen LogP contribution in [0.3, 0.4) is 0 Å². The number of anilines is 1. The van der Waals surface area contributed by atoms with Crippen molar-refractivity contribution in [2.75, 3.05) is 51.3 Å². The lowest BCUT2D eigenvalue weighted by molar-refractivity contribution is 0.0663. The lowest BCUT2D eigenvalue weighted by atomic mass is 10.1. The molecule has 1 atom stereocenters. The summed E-state index contributed by atoms with van der Waals surface area (Å²) in [5.74, 6) is 1.73. The molecular weight excluding hydrogens is 352 g/mol. The average molecular weight is 385 g/mol. The van der Waals surface area contributed by atoms with Crippen LogP contribution in [0.25, 0.3) is 0 Å². The van der Waals surface area contributed by atoms with Crippen LogP contribution in [0, 0.1) is 0 Å². The van der Waals surface area contributed by atoms with Gasteiger partial charge in [-0.1, -0.05) is 37.6 Å². The largest absolute Gasteiger partial charge is 0.495 e. The van der Waals surface area contributed by atoms with Gasteiger partial charge < -0.3 is 19.5 Å². The maximum atomic E-state index is 10.4. The van der Waals surface area contributed by atoms with Gasteiger partial charge in [0.05, 0.1) is 12.8 Å². The monoisotopic (exact) mass is 384 g/mol. The van der Waals surface area contributed by atoms with Crippen molar-refractivity contribution >= 4 is 5.69 Å². The number of hydrogen-bond donors (Lipinski definition) is 1. The van der Waals surface area contributed by atoms with Crippen LogP contribution in [0.5, 0.6) is 11.5 Å². The SMILES string of the molecule is CCCc1ccc(OC[C@@H](O)CN2CCN(c3ccccc3OC)CC2)cc1. The maximum absolute atomic E-state index is 10.4. The van der Waals surface area contributed by atoms with Gasteiger partial charge in [0, 0.05) is 32.7 Å². The lowest BCUT2D eigenvalue weighted by Gasteiger charge is -2.37. The highest BCUT2D eigenvalue weighted by atomic mass is 16.5. The molecule has 1 heterocycles. The van der Waals surface area contributed by atoms with E-state index in [0.29, 0.717) is 13.2 Å². The van der Waals surface area contributed by atoms with Crippen molar-refractivity contribution in [1.82, 2.24) is 4.90 Å². The number of nitrogens with zero attached hydrogens (tertiary/aromatic N) is 2. The second kappa shape index (κ2) is 10.3. The summed E-state index contributed by atoms with van der Waals surface area (Å²) in [7, 11) is 1.71. The van der Waals surface area contributed by atoms with Crippen LogP contribution < -0.4 is 14.4 Å². The number of para-hydroxylation sites is 2. The molecule has 0 aliphatic carbocycles. The van der Waals surface area contributed by atoms with E-state index in [1.54, 1.807) is 7.11 Å². The number of aliphatic hydroxyl groups excluding tert-OH is 1. The Kier molecular flexibility index (Phi) is 7.57. The summed E-state index contributed by atoms with van der Waals surface area (Å²) < 4.78 is 11.2. The van der Waals surface area contributed by atoms with E-state index >= 15 is 0 Å². The van der Waals surface area contributed by atoms with Crippen molar-refractivity contribution in [3.63, 3.8) is 0 Å². The molecule has 0 bridgehead atoms. The second-order valence-corrected chi connectivity index (χ2v) is 7.32. The molecule has 0 amide bonds. The lowest BCUT2D eigenvalue weighted by Crippen LogP contribution is -2.49. The van der Waals surface area contributed by atoms with E-state index in [1.165, 1.54) is 5.56 Å². The van der Waals surface area contributed by atoms with Gasteiger partial charge in [0.15, 0.2) is 0 Å². The zero-order valence-corrected chi connectivity index (χ0v) is 17.0. The van der Waals surface area contributed by atoms with Gasteiger partial charge in [0.1, 0.15) is 24.2 Å². The molecule has 0 spiro atoms. The summed E-state index contributed by atoms with van der Waals surface area (Å²) in [5.41, 5.74) is 2.46. The number of hydrogen-bond acceptors (Lipinski definition) is 5. The van der Waals surface area contributed by atoms with Gasteiger partial charge in [-0.25, -0.2) is 0 Å². The van der Waals surface area contributed by atoms with Crippen molar-refractivity contribution < 1.29 is 14.6 Å². The minimum absolute atomic E-state index is 0.319. The fourth-order valence-electron chi connectivity index (χ4n) is 3.65. The summed E-state index contributed by atoms with van der Waals surface area (Å²) in [6.45, 7) is 6.81. The van der Waals surface area contributed by atoms with Gasteiger partial charge in [-0.05, 0) is 36.2 Å². The minimum Gasteiger partial charge on any atom is -0.495 e. The molecule has 0 saturated carbocycles. The van der Waals surface area contributed by atoms with Crippen LogP contribution in [0.1, 0.15) is 18.9 Å². The summed E-state index contributed by atoms with van der Waals surface area (Å²) in [6, 6.07) is 16.3. The van der Waals surface area contributed by atoms with E-state index in [9.17, 15) is 5.11 Å². The number of benzene rings is 2. The van der Waals surface area contributed by atoms with E-state index < -0.39 is 6.10 Å². The number of ether oxygens (including phenoxy) is 2. The first-order chi connectivity index (χ1) is 13.7. The molecule has 5 nitrogen and oxygen atoms in total. The van der Waals surface area contributed by atoms with E-state index in [1.807, 2.05) is 30.3 Å². The molecule has 1 saturated heterocycles. The Labute approximate surface area is 168 Å². The number of aliphatic hydroxyl groups is 1. The molecule has 2 aromatic rings. The average Bonchev–Trinajstić information content (AvgIpc) is 2.74. The Bertz CT molecular complexity index is 712. The summed E-state index contributed by atoms with van der Waals surface area (Å²) in [6.07, 6.45) is 1.74. The molecule has 28 heavy (non-hydrogen) atoms. The second-order valence-electron chi connectivity index (χ2n) is 7.32. The maximum Gasteiger partial charge on any atom is 0.142 e. The zero-order valence-electron chi connectivity index (χ0n) is 17.0. The summed E-state index contributed by atoms with van der Waals surface area (Å²) in [5, 5.41) is 10.4. The fourth-order valence-corrected chi connectivity index (χ4v) is 3.65. The Hall–Kier alpha value is -2.24. The highest BCUT2D eigenvalue weighted by molar-refractivity contribution is 5.58. The number of methoxy groups -OCH3 is 1. The van der Waals surface area contributed by atoms with Crippen LogP contribution in [-0.2, 0) is 6.42 Å². The number of aryl methyl sites for hydroxylation is 1.